The minimum atomic E-state index is -0.889. The van der Waals surface area contributed by atoms with Gasteiger partial charge in [-0.3, -0.25) is 4.79 Å². The molecule has 4 heteroatoms. The van der Waals surface area contributed by atoms with E-state index in [4.69, 9.17) is 9.84 Å². The highest BCUT2D eigenvalue weighted by molar-refractivity contribution is 5.80. The Morgan fingerprint density at radius 2 is 2.46 bits per heavy atom. The van der Waals surface area contributed by atoms with Gasteiger partial charge >= 0.3 is 0 Å². The van der Waals surface area contributed by atoms with Gasteiger partial charge in [0.15, 0.2) is 0 Å². The Kier molecular flexibility index (Phi) is 3.69. The molecule has 0 spiro atoms. The van der Waals surface area contributed by atoms with Crippen molar-refractivity contribution in [3.05, 3.63) is 0 Å². The summed E-state index contributed by atoms with van der Waals surface area (Å²) in [5.74, 6) is -0.192. The lowest BCUT2D eigenvalue weighted by molar-refractivity contribution is -0.138. The number of aliphatic hydroxyl groups is 1. The van der Waals surface area contributed by atoms with Gasteiger partial charge < -0.3 is 14.7 Å². The van der Waals surface area contributed by atoms with Gasteiger partial charge in [-0.05, 0) is 20.3 Å². The van der Waals surface area contributed by atoms with Crippen LogP contribution in [0.25, 0.3) is 0 Å². The van der Waals surface area contributed by atoms with Crippen molar-refractivity contribution in [1.82, 2.24) is 4.90 Å². The molecule has 0 aromatic rings. The van der Waals surface area contributed by atoms with Crippen LogP contribution in [-0.2, 0) is 9.53 Å². The molecule has 0 aromatic carbocycles. The third kappa shape index (κ3) is 2.67. The van der Waals surface area contributed by atoms with Crippen LogP contribution in [0.4, 0.5) is 0 Å². The summed E-state index contributed by atoms with van der Waals surface area (Å²) < 4.78 is 5.39. The third-order valence-electron chi connectivity index (χ3n) is 2.22. The Bertz CT molecular complexity index is 182. The molecule has 1 N–H and O–H groups in total. The zero-order chi connectivity index (χ0) is 9.84. The van der Waals surface area contributed by atoms with Gasteiger partial charge in [0.05, 0.1) is 6.10 Å². The monoisotopic (exact) mass is 187 g/mol. The number of ether oxygens (including phenoxy) is 1. The van der Waals surface area contributed by atoms with E-state index < -0.39 is 6.10 Å². The molecule has 4 nitrogen and oxygen atoms in total. The molecule has 0 aromatic heterocycles. The number of carbonyl (C=O) groups excluding carboxylic acids is 1. The summed E-state index contributed by atoms with van der Waals surface area (Å²) in [7, 11) is 0. The molecule has 1 fully saturated rings. The summed E-state index contributed by atoms with van der Waals surface area (Å²) in [6, 6.07) is 0. The SMILES string of the molecule is CCO[C@H]1CCN(C(=O)C(C)O)C1. The van der Waals surface area contributed by atoms with Crippen LogP contribution in [0.5, 0.6) is 0 Å². The van der Waals surface area contributed by atoms with E-state index in [-0.39, 0.29) is 12.0 Å². The van der Waals surface area contributed by atoms with Gasteiger partial charge in [0.2, 0.25) is 0 Å². The highest BCUT2D eigenvalue weighted by Crippen LogP contribution is 2.13. The number of likely N-dealkylation sites (tertiary alicyclic amines) is 1. The summed E-state index contributed by atoms with van der Waals surface area (Å²) >= 11 is 0. The fourth-order valence-electron chi connectivity index (χ4n) is 1.56. The largest absolute Gasteiger partial charge is 0.384 e. The average molecular weight is 187 g/mol. The van der Waals surface area contributed by atoms with Gasteiger partial charge in [0.1, 0.15) is 6.10 Å². The fourth-order valence-corrected chi connectivity index (χ4v) is 1.56. The smallest absolute Gasteiger partial charge is 0.251 e. The Balaban J connectivity index is 2.36. The standard InChI is InChI=1S/C9H17NO3/c1-3-13-8-4-5-10(6-8)9(12)7(2)11/h7-8,11H,3-6H2,1-2H3/t7?,8-/m0/s1. The molecule has 0 aliphatic carbocycles. The zero-order valence-electron chi connectivity index (χ0n) is 8.19. The van der Waals surface area contributed by atoms with E-state index in [0.29, 0.717) is 19.7 Å². The van der Waals surface area contributed by atoms with Crippen molar-refractivity contribution in [2.24, 2.45) is 0 Å². The maximum atomic E-state index is 11.3. The Hall–Kier alpha value is -0.610. The van der Waals surface area contributed by atoms with E-state index in [2.05, 4.69) is 0 Å². The molecule has 1 amide bonds. The molecule has 1 saturated heterocycles. The zero-order valence-corrected chi connectivity index (χ0v) is 8.19. The van der Waals surface area contributed by atoms with Gasteiger partial charge in [-0.2, -0.15) is 0 Å². The van der Waals surface area contributed by atoms with Crippen molar-refractivity contribution in [3.63, 3.8) is 0 Å². The van der Waals surface area contributed by atoms with Crippen molar-refractivity contribution in [2.45, 2.75) is 32.5 Å². The number of nitrogens with zero attached hydrogens (tertiary/aromatic N) is 1. The highest BCUT2D eigenvalue weighted by atomic mass is 16.5. The molecule has 1 unspecified atom stereocenters. The number of amides is 1. The molecule has 76 valence electrons. The van der Waals surface area contributed by atoms with Crippen LogP contribution in [0.3, 0.4) is 0 Å². The van der Waals surface area contributed by atoms with Crippen molar-refractivity contribution in [3.8, 4) is 0 Å². The quantitative estimate of drug-likeness (QED) is 0.677. The molecule has 2 atom stereocenters. The first-order valence-corrected chi connectivity index (χ1v) is 4.73. The highest BCUT2D eigenvalue weighted by Gasteiger charge is 2.28. The predicted molar refractivity (Wildman–Crippen MR) is 48.3 cm³/mol. The molecule has 0 saturated carbocycles. The first kappa shape index (κ1) is 10.5. The van der Waals surface area contributed by atoms with Crippen LogP contribution in [0.15, 0.2) is 0 Å². The number of rotatable bonds is 3. The summed E-state index contributed by atoms with van der Waals surface area (Å²) in [5.41, 5.74) is 0. The third-order valence-corrected chi connectivity index (χ3v) is 2.22. The summed E-state index contributed by atoms with van der Waals surface area (Å²) in [6.07, 6.45) is 0.153. The summed E-state index contributed by atoms with van der Waals surface area (Å²) in [4.78, 5) is 13.0. The number of hydrogen-bond donors (Lipinski definition) is 1. The molecule has 1 aliphatic heterocycles. The van der Waals surface area contributed by atoms with Crippen molar-refractivity contribution < 1.29 is 14.6 Å². The van der Waals surface area contributed by atoms with Crippen LogP contribution in [-0.4, -0.2) is 47.8 Å². The normalized spacial score (nSPS) is 24.8. The molecule has 1 aliphatic rings. The topological polar surface area (TPSA) is 49.8 Å². The van der Waals surface area contributed by atoms with Gasteiger partial charge in [0.25, 0.3) is 5.91 Å². The fraction of sp³-hybridized carbons (Fsp3) is 0.889. The molecule has 0 radical (unpaired) electrons. The maximum absolute atomic E-state index is 11.3. The molecule has 13 heavy (non-hydrogen) atoms. The minimum Gasteiger partial charge on any atom is -0.384 e. The Morgan fingerprint density at radius 3 is 3.00 bits per heavy atom. The molecular weight excluding hydrogens is 170 g/mol. The molecule has 1 heterocycles. The first-order chi connectivity index (χ1) is 6.15. The first-order valence-electron chi connectivity index (χ1n) is 4.73. The van der Waals surface area contributed by atoms with E-state index in [1.54, 1.807) is 4.90 Å². The lowest BCUT2D eigenvalue weighted by Crippen LogP contribution is -2.36. The van der Waals surface area contributed by atoms with Crippen molar-refractivity contribution in [2.75, 3.05) is 19.7 Å². The molecule has 0 bridgehead atoms. The summed E-state index contributed by atoms with van der Waals surface area (Å²) in [6.45, 7) is 5.45. The molecular formula is C9H17NO3. The molecule has 1 rings (SSSR count). The van der Waals surface area contributed by atoms with Crippen molar-refractivity contribution >= 4 is 5.91 Å². The van der Waals surface area contributed by atoms with E-state index in [0.717, 1.165) is 6.42 Å². The number of aliphatic hydroxyl groups excluding tert-OH is 1. The van der Waals surface area contributed by atoms with Crippen LogP contribution < -0.4 is 0 Å². The van der Waals surface area contributed by atoms with Crippen LogP contribution in [0.1, 0.15) is 20.3 Å². The lowest BCUT2D eigenvalue weighted by Gasteiger charge is -2.17. The van der Waals surface area contributed by atoms with Gasteiger partial charge in [-0.15, -0.1) is 0 Å². The average Bonchev–Trinajstić information content (AvgIpc) is 2.52. The second-order valence-corrected chi connectivity index (χ2v) is 3.33. The second kappa shape index (κ2) is 4.58. The second-order valence-electron chi connectivity index (χ2n) is 3.33. The summed E-state index contributed by atoms with van der Waals surface area (Å²) in [5, 5.41) is 9.07. The van der Waals surface area contributed by atoms with E-state index >= 15 is 0 Å². The van der Waals surface area contributed by atoms with Crippen molar-refractivity contribution in [1.29, 1.82) is 0 Å². The van der Waals surface area contributed by atoms with Gasteiger partial charge in [-0.1, -0.05) is 0 Å². The van der Waals surface area contributed by atoms with Crippen LogP contribution in [0, 0.1) is 0 Å². The van der Waals surface area contributed by atoms with Crippen LogP contribution in [0.2, 0.25) is 0 Å². The van der Waals surface area contributed by atoms with E-state index in [1.165, 1.54) is 6.92 Å². The van der Waals surface area contributed by atoms with E-state index in [1.807, 2.05) is 6.92 Å². The van der Waals surface area contributed by atoms with Crippen LogP contribution >= 0.6 is 0 Å². The van der Waals surface area contributed by atoms with Gasteiger partial charge in [0, 0.05) is 19.7 Å². The lowest BCUT2D eigenvalue weighted by atomic mass is 10.3. The van der Waals surface area contributed by atoms with Gasteiger partial charge in [-0.25, -0.2) is 0 Å². The maximum Gasteiger partial charge on any atom is 0.251 e. The minimum absolute atomic E-state index is 0.160. The predicted octanol–water partition coefficient (Wildman–Crippen LogP) is 0.00460. The Morgan fingerprint density at radius 1 is 1.77 bits per heavy atom. The number of carbonyl (C=O) groups is 1. The number of hydrogen-bond acceptors (Lipinski definition) is 3. The Labute approximate surface area is 78.5 Å². The van der Waals surface area contributed by atoms with E-state index in [9.17, 15) is 4.79 Å².